The summed E-state index contributed by atoms with van der Waals surface area (Å²) in [4.78, 5) is 12.2. The standard InChI is InChI=1S/C17H18ClF3O2/c1-8(2)5-10-13(17(10,3)4)16(22)23-7-9-14(18)11(19)6-12(20)15(9)21/h5-6,10,13H,7H2,1-4H3/t10-,13+/m1/s1. The van der Waals surface area contributed by atoms with Gasteiger partial charge in [0.05, 0.1) is 10.9 Å². The monoisotopic (exact) mass is 346 g/mol. The number of ether oxygens (including phenoxy) is 1. The fraction of sp³-hybridized carbons (Fsp3) is 0.471. The van der Waals surface area contributed by atoms with Gasteiger partial charge in [-0.3, -0.25) is 4.79 Å². The molecule has 0 radical (unpaired) electrons. The molecule has 6 heteroatoms. The molecule has 1 fully saturated rings. The van der Waals surface area contributed by atoms with Crippen LogP contribution in [-0.4, -0.2) is 5.97 Å². The number of halogens is 4. The van der Waals surface area contributed by atoms with Crippen molar-refractivity contribution in [3.63, 3.8) is 0 Å². The van der Waals surface area contributed by atoms with E-state index in [0.717, 1.165) is 5.57 Å². The van der Waals surface area contributed by atoms with Gasteiger partial charge in [-0.1, -0.05) is 37.1 Å². The molecule has 0 spiro atoms. The summed E-state index contributed by atoms with van der Waals surface area (Å²) in [6, 6.07) is 0.359. The topological polar surface area (TPSA) is 26.3 Å². The van der Waals surface area contributed by atoms with Crippen molar-refractivity contribution in [1.82, 2.24) is 0 Å². The summed E-state index contributed by atoms with van der Waals surface area (Å²) in [6.45, 7) is 7.12. The van der Waals surface area contributed by atoms with Crippen LogP contribution in [0.25, 0.3) is 0 Å². The van der Waals surface area contributed by atoms with Crippen molar-refractivity contribution in [2.75, 3.05) is 0 Å². The van der Waals surface area contributed by atoms with Crippen LogP contribution in [0.4, 0.5) is 13.2 Å². The normalized spacial score (nSPS) is 21.7. The lowest BCUT2D eigenvalue weighted by Crippen LogP contribution is -2.12. The molecule has 0 aromatic heterocycles. The molecule has 0 unspecified atom stereocenters. The summed E-state index contributed by atoms with van der Waals surface area (Å²) in [5.74, 6) is -4.63. The van der Waals surface area contributed by atoms with Gasteiger partial charge >= 0.3 is 5.97 Å². The van der Waals surface area contributed by atoms with E-state index in [0.29, 0.717) is 6.07 Å². The highest BCUT2D eigenvalue weighted by Gasteiger charge is 2.61. The third-order valence-electron chi connectivity index (χ3n) is 4.24. The first-order valence-corrected chi connectivity index (χ1v) is 7.58. The summed E-state index contributed by atoms with van der Waals surface area (Å²) in [5, 5.41) is -0.576. The molecule has 0 N–H and O–H groups in total. The van der Waals surface area contributed by atoms with Gasteiger partial charge in [0, 0.05) is 11.6 Å². The zero-order valence-electron chi connectivity index (χ0n) is 13.3. The lowest BCUT2D eigenvalue weighted by molar-refractivity contribution is -0.147. The van der Waals surface area contributed by atoms with E-state index >= 15 is 0 Å². The van der Waals surface area contributed by atoms with Gasteiger partial charge in [0.25, 0.3) is 0 Å². The van der Waals surface area contributed by atoms with Crippen LogP contribution in [0.15, 0.2) is 17.7 Å². The third kappa shape index (κ3) is 3.39. The highest BCUT2D eigenvalue weighted by Crippen LogP contribution is 2.59. The maximum atomic E-state index is 13.7. The highest BCUT2D eigenvalue weighted by molar-refractivity contribution is 6.31. The number of carbonyl (C=O) groups is 1. The fourth-order valence-corrected chi connectivity index (χ4v) is 2.97. The maximum Gasteiger partial charge on any atom is 0.310 e. The molecule has 0 aliphatic heterocycles. The minimum atomic E-state index is -1.37. The zero-order chi connectivity index (χ0) is 17.5. The molecule has 0 heterocycles. The lowest BCUT2D eigenvalue weighted by Gasteiger charge is -2.09. The zero-order valence-corrected chi connectivity index (χ0v) is 14.1. The van der Waals surface area contributed by atoms with Crippen molar-refractivity contribution in [2.45, 2.75) is 34.3 Å². The Morgan fingerprint density at radius 1 is 1.30 bits per heavy atom. The van der Waals surface area contributed by atoms with Gasteiger partial charge in [0.1, 0.15) is 12.4 Å². The molecule has 0 saturated heterocycles. The van der Waals surface area contributed by atoms with E-state index in [4.69, 9.17) is 16.3 Å². The summed E-state index contributed by atoms with van der Waals surface area (Å²) in [7, 11) is 0. The van der Waals surface area contributed by atoms with Gasteiger partial charge < -0.3 is 4.74 Å². The first-order valence-electron chi connectivity index (χ1n) is 7.21. The Hall–Kier alpha value is -1.49. The Morgan fingerprint density at radius 3 is 2.48 bits per heavy atom. The molecule has 126 valence electrons. The smallest absolute Gasteiger partial charge is 0.310 e. The number of rotatable bonds is 4. The molecular formula is C17H18ClF3O2. The quantitative estimate of drug-likeness (QED) is 0.434. The van der Waals surface area contributed by atoms with Gasteiger partial charge in [0.15, 0.2) is 11.6 Å². The van der Waals surface area contributed by atoms with Crippen molar-refractivity contribution in [3.05, 3.63) is 45.8 Å². The van der Waals surface area contributed by atoms with Gasteiger partial charge in [-0.2, -0.15) is 0 Å². The molecule has 1 aliphatic carbocycles. The summed E-state index contributed by atoms with van der Waals surface area (Å²) in [5.41, 5.74) is 0.332. The number of allylic oxidation sites excluding steroid dienone is 2. The Labute approximate surface area is 138 Å². The van der Waals surface area contributed by atoms with Crippen molar-refractivity contribution in [3.8, 4) is 0 Å². The summed E-state index contributed by atoms with van der Waals surface area (Å²) >= 11 is 5.62. The van der Waals surface area contributed by atoms with Gasteiger partial charge in [-0.25, -0.2) is 13.2 Å². The van der Waals surface area contributed by atoms with Crippen molar-refractivity contribution >= 4 is 17.6 Å². The molecule has 1 aromatic rings. The Bertz CT molecular complexity index is 653. The van der Waals surface area contributed by atoms with E-state index in [2.05, 4.69) is 0 Å². The van der Waals surface area contributed by atoms with E-state index in [1.54, 1.807) is 0 Å². The van der Waals surface area contributed by atoms with Crippen LogP contribution in [-0.2, 0) is 16.1 Å². The van der Waals surface area contributed by atoms with Gasteiger partial charge in [-0.05, 0) is 25.2 Å². The minimum Gasteiger partial charge on any atom is -0.460 e. The molecule has 2 rings (SSSR count). The predicted molar refractivity (Wildman–Crippen MR) is 81.3 cm³/mol. The minimum absolute atomic E-state index is 0.0320. The Balaban J connectivity index is 2.11. The van der Waals surface area contributed by atoms with E-state index in [1.165, 1.54) is 0 Å². The number of hydrogen-bond acceptors (Lipinski definition) is 2. The fourth-order valence-electron chi connectivity index (χ4n) is 2.78. The number of benzene rings is 1. The van der Waals surface area contributed by atoms with Crippen LogP contribution in [0.1, 0.15) is 33.3 Å². The molecule has 0 bridgehead atoms. The third-order valence-corrected chi connectivity index (χ3v) is 4.65. The van der Waals surface area contributed by atoms with Crippen LogP contribution in [0, 0.1) is 34.7 Å². The molecule has 2 nitrogen and oxygen atoms in total. The van der Waals surface area contributed by atoms with Crippen LogP contribution < -0.4 is 0 Å². The van der Waals surface area contributed by atoms with E-state index in [-0.39, 0.29) is 17.3 Å². The molecule has 2 atom stereocenters. The van der Waals surface area contributed by atoms with E-state index in [9.17, 15) is 18.0 Å². The second-order valence-electron chi connectivity index (χ2n) is 6.62. The summed E-state index contributed by atoms with van der Waals surface area (Å²) < 4.78 is 45.3. The second-order valence-corrected chi connectivity index (χ2v) is 7.00. The number of hydrogen-bond donors (Lipinski definition) is 0. The van der Waals surface area contributed by atoms with Gasteiger partial charge in [-0.15, -0.1) is 0 Å². The SMILES string of the molecule is CC(C)=C[C@@H]1[C@@H](C(=O)OCc2c(F)c(F)cc(F)c2Cl)C1(C)C. The average molecular weight is 347 g/mol. The first-order chi connectivity index (χ1) is 10.6. The number of carbonyl (C=O) groups excluding carboxylic acids is 1. The predicted octanol–water partition coefficient (Wildman–Crippen LogP) is 5.04. The summed E-state index contributed by atoms with van der Waals surface area (Å²) in [6.07, 6.45) is 1.99. The van der Waals surface area contributed by atoms with Gasteiger partial charge in [0.2, 0.25) is 0 Å². The van der Waals surface area contributed by atoms with E-state index in [1.807, 2.05) is 33.8 Å². The maximum absolute atomic E-state index is 13.7. The average Bonchev–Trinajstić information content (AvgIpc) is 2.96. The molecule has 1 aromatic carbocycles. The van der Waals surface area contributed by atoms with Crippen LogP contribution in [0.5, 0.6) is 0 Å². The van der Waals surface area contributed by atoms with Crippen molar-refractivity contribution in [1.29, 1.82) is 0 Å². The lowest BCUT2D eigenvalue weighted by atomic mass is 10.1. The molecule has 1 aliphatic rings. The molecule has 1 saturated carbocycles. The number of esters is 1. The Kier molecular flexibility index (Phi) is 4.81. The first kappa shape index (κ1) is 17.9. The largest absolute Gasteiger partial charge is 0.460 e. The molecule has 0 amide bonds. The van der Waals surface area contributed by atoms with Crippen LogP contribution >= 0.6 is 11.6 Å². The van der Waals surface area contributed by atoms with Crippen LogP contribution in [0.2, 0.25) is 5.02 Å². The van der Waals surface area contributed by atoms with E-state index < -0.39 is 40.6 Å². The van der Waals surface area contributed by atoms with Crippen LogP contribution in [0.3, 0.4) is 0 Å². The Morgan fingerprint density at radius 2 is 1.91 bits per heavy atom. The molecular weight excluding hydrogens is 329 g/mol. The van der Waals surface area contributed by atoms with Crippen molar-refractivity contribution in [2.24, 2.45) is 17.3 Å². The van der Waals surface area contributed by atoms with Crippen molar-refractivity contribution < 1.29 is 22.7 Å². The second kappa shape index (κ2) is 6.19. The molecule has 23 heavy (non-hydrogen) atoms. The highest BCUT2D eigenvalue weighted by atomic mass is 35.5.